The Bertz CT molecular complexity index is 567. The summed E-state index contributed by atoms with van der Waals surface area (Å²) in [6.07, 6.45) is 1.29. The fourth-order valence-electron chi connectivity index (χ4n) is 1.76. The van der Waals surface area contributed by atoms with E-state index in [9.17, 15) is 4.79 Å². The lowest BCUT2D eigenvalue weighted by Gasteiger charge is -2.14. The number of carbonyl (C=O) groups excluding carboxylic acids is 1. The van der Waals surface area contributed by atoms with E-state index in [1.165, 1.54) is 14.2 Å². The Balaban J connectivity index is 2.09. The number of rotatable bonds is 5. The van der Waals surface area contributed by atoms with Crippen LogP contribution in [0.15, 0.2) is 36.5 Å². The molecule has 0 aliphatic rings. The van der Waals surface area contributed by atoms with Crippen molar-refractivity contribution in [2.24, 2.45) is 0 Å². The van der Waals surface area contributed by atoms with E-state index >= 15 is 0 Å². The van der Waals surface area contributed by atoms with Gasteiger partial charge in [-0.1, -0.05) is 6.07 Å². The van der Waals surface area contributed by atoms with E-state index in [-0.39, 0.29) is 5.91 Å². The Morgan fingerprint density at radius 1 is 1.32 bits per heavy atom. The van der Waals surface area contributed by atoms with Gasteiger partial charge >= 0.3 is 0 Å². The summed E-state index contributed by atoms with van der Waals surface area (Å²) in [5.41, 5.74) is 1.46. The summed E-state index contributed by atoms with van der Waals surface area (Å²) in [5, 5.41) is 3.69. The first-order chi connectivity index (χ1) is 9.24. The van der Waals surface area contributed by atoms with Crippen LogP contribution >= 0.6 is 0 Å². The molecule has 0 bridgehead atoms. The van der Waals surface area contributed by atoms with E-state index < -0.39 is 6.29 Å². The minimum absolute atomic E-state index is 0.162. The van der Waals surface area contributed by atoms with Crippen LogP contribution in [-0.2, 0) is 9.47 Å². The lowest BCUT2D eigenvalue weighted by atomic mass is 10.1. The number of nitrogens with one attached hydrogen (secondary N) is 1. The highest BCUT2D eigenvalue weighted by Crippen LogP contribution is 2.13. The number of amides is 1. The summed E-state index contributed by atoms with van der Waals surface area (Å²) in [4.78, 5) is 16.2. The average Bonchev–Trinajstić information content (AvgIpc) is 2.47. The number of methoxy groups -OCH3 is 2. The molecule has 0 radical (unpaired) electrons. The van der Waals surface area contributed by atoms with Gasteiger partial charge in [0.1, 0.15) is 0 Å². The molecule has 2 rings (SSSR count). The van der Waals surface area contributed by atoms with Crippen LogP contribution in [0.3, 0.4) is 0 Å². The average molecular weight is 260 g/mol. The Kier molecular flexibility index (Phi) is 4.43. The van der Waals surface area contributed by atoms with Crippen LogP contribution in [0.1, 0.15) is 10.4 Å². The van der Waals surface area contributed by atoms with Gasteiger partial charge in [0.05, 0.1) is 12.1 Å². The molecule has 2 aromatic rings. The Morgan fingerprint density at radius 3 is 2.84 bits per heavy atom. The van der Waals surface area contributed by atoms with E-state index in [1.807, 2.05) is 24.3 Å². The first kappa shape index (κ1) is 13.5. The zero-order valence-electron chi connectivity index (χ0n) is 10.9. The molecule has 19 heavy (non-hydrogen) atoms. The standard InChI is InChI=1S/C14H16N2O3/c1-18-13(19-2)9-16-14(17)11-5-6-12-10(8-11)4-3-7-15-12/h3-8,13H,9H2,1-2H3,(H,16,17). The minimum Gasteiger partial charge on any atom is -0.354 e. The van der Waals surface area contributed by atoms with Gasteiger partial charge < -0.3 is 14.8 Å². The second kappa shape index (κ2) is 6.26. The number of fused-ring (bicyclic) bond motifs is 1. The summed E-state index contributed by atoms with van der Waals surface area (Å²) >= 11 is 0. The molecule has 0 fully saturated rings. The predicted molar refractivity (Wildman–Crippen MR) is 71.9 cm³/mol. The van der Waals surface area contributed by atoms with Gasteiger partial charge in [-0.15, -0.1) is 0 Å². The third-order valence-electron chi connectivity index (χ3n) is 2.82. The van der Waals surface area contributed by atoms with Gasteiger partial charge in [-0.2, -0.15) is 0 Å². The SMILES string of the molecule is COC(CNC(=O)c1ccc2ncccc2c1)OC. The molecular formula is C14H16N2O3. The number of ether oxygens (including phenoxy) is 2. The lowest BCUT2D eigenvalue weighted by molar-refractivity contribution is -0.0974. The molecule has 0 unspecified atom stereocenters. The van der Waals surface area contributed by atoms with Crippen molar-refractivity contribution in [3.63, 3.8) is 0 Å². The third kappa shape index (κ3) is 3.27. The van der Waals surface area contributed by atoms with E-state index in [1.54, 1.807) is 12.3 Å². The largest absolute Gasteiger partial charge is 0.354 e. The molecule has 0 aliphatic carbocycles. The van der Waals surface area contributed by atoms with Gasteiger partial charge in [-0.05, 0) is 24.3 Å². The van der Waals surface area contributed by atoms with Gasteiger partial charge in [0.15, 0.2) is 6.29 Å². The molecule has 5 nitrogen and oxygen atoms in total. The van der Waals surface area contributed by atoms with Crippen LogP contribution in [-0.4, -0.2) is 37.9 Å². The highest BCUT2D eigenvalue weighted by Gasteiger charge is 2.10. The maximum absolute atomic E-state index is 12.0. The van der Waals surface area contributed by atoms with Crippen LogP contribution in [0.4, 0.5) is 0 Å². The van der Waals surface area contributed by atoms with Gasteiger partial charge in [-0.25, -0.2) is 0 Å². The fourth-order valence-corrected chi connectivity index (χ4v) is 1.76. The topological polar surface area (TPSA) is 60.5 Å². The number of pyridine rings is 1. The van der Waals surface area contributed by atoms with Crippen molar-refractivity contribution in [3.8, 4) is 0 Å². The van der Waals surface area contributed by atoms with Gasteiger partial charge in [0.2, 0.25) is 0 Å². The van der Waals surface area contributed by atoms with Crippen LogP contribution in [0.5, 0.6) is 0 Å². The van der Waals surface area contributed by atoms with Crippen molar-refractivity contribution in [2.75, 3.05) is 20.8 Å². The Morgan fingerprint density at radius 2 is 2.11 bits per heavy atom. The number of hydrogen-bond acceptors (Lipinski definition) is 4. The molecule has 1 aromatic heterocycles. The number of nitrogens with zero attached hydrogens (tertiary/aromatic N) is 1. The second-order valence-corrected chi connectivity index (χ2v) is 4.02. The van der Waals surface area contributed by atoms with E-state index in [4.69, 9.17) is 9.47 Å². The maximum atomic E-state index is 12.0. The highest BCUT2D eigenvalue weighted by molar-refractivity contribution is 5.97. The lowest BCUT2D eigenvalue weighted by Crippen LogP contribution is -2.34. The summed E-state index contributed by atoms with van der Waals surface area (Å²) in [5.74, 6) is -0.162. The number of benzene rings is 1. The number of aromatic nitrogens is 1. The fraction of sp³-hybridized carbons (Fsp3) is 0.286. The molecule has 0 atom stereocenters. The van der Waals surface area contributed by atoms with Gasteiger partial charge in [0, 0.05) is 31.4 Å². The molecule has 1 aromatic carbocycles. The normalized spacial score (nSPS) is 10.9. The Hall–Kier alpha value is -1.98. The van der Waals surface area contributed by atoms with Crippen LogP contribution in [0.2, 0.25) is 0 Å². The maximum Gasteiger partial charge on any atom is 0.251 e. The first-order valence-electron chi connectivity index (χ1n) is 5.93. The smallest absolute Gasteiger partial charge is 0.251 e. The van der Waals surface area contributed by atoms with Gasteiger partial charge in [0.25, 0.3) is 5.91 Å². The van der Waals surface area contributed by atoms with Crippen LogP contribution in [0, 0.1) is 0 Å². The van der Waals surface area contributed by atoms with Crippen molar-refractivity contribution >= 4 is 16.8 Å². The minimum atomic E-state index is -0.439. The van der Waals surface area contributed by atoms with E-state index in [2.05, 4.69) is 10.3 Å². The molecule has 0 aliphatic heterocycles. The number of carbonyl (C=O) groups is 1. The van der Waals surface area contributed by atoms with E-state index in [0.29, 0.717) is 12.1 Å². The zero-order chi connectivity index (χ0) is 13.7. The monoisotopic (exact) mass is 260 g/mol. The molecule has 0 spiro atoms. The third-order valence-corrected chi connectivity index (χ3v) is 2.82. The quantitative estimate of drug-likeness (QED) is 0.829. The predicted octanol–water partition coefficient (Wildman–Crippen LogP) is 1.58. The highest BCUT2D eigenvalue weighted by atomic mass is 16.7. The van der Waals surface area contributed by atoms with Crippen molar-refractivity contribution < 1.29 is 14.3 Å². The second-order valence-electron chi connectivity index (χ2n) is 4.02. The summed E-state index contributed by atoms with van der Waals surface area (Å²) in [6.45, 7) is 0.302. The van der Waals surface area contributed by atoms with E-state index in [0.717, 1.165) is 10.9 Å². The van der Waals surface area contributed by atoms with Crippen molar-refractivity contribution in [3.05, 3.63) is 42.1 Å². The van der Waals surface area contributed by atoms with Crippen LogP contribution < -0.4 is 5.32 Å². The van der Waals surface area contributed by atoms with Gasteiger partial charge in [-0.3, -0.25) is 9.78 Å². The van der Waals surface area contributed by atoms with Crippen molar-refractivity contribution in [1.82, 2.24) is 10.3 Å². The summed E-state index contributed by atoms with van der Waals surface area (Å²) in [6, 6.07) is 9.15. The molecule has 1 amide bonds. The molecule has 5 heteroatoms. The molecular weight excluding hydrogens is 244 g/mol. The molecule has 0 saturated heterocycles. The first-order valence-corrected chi connectivity index (χ1v) is 5.93. The molecule has 1 N–H and O–H groups in total. The number of hydrogen-bond donors (Lipinski definition) is 1. The molecule has 100 valence electrons. The Labute approximate surface area is 111 Å². The van der Waals surface area contributed by atoms with Crippen molar-refractivity contribution in [2.45, 2.75) is 6.29 Å². The summed E-state index contributed by atoms with van der Waals surface area (Å²) < 4.78 is 10.0. The summed E-state index contributed by atoms with van der Waals surface area (Å²) in [7, 11) is 3.06. The molecule has 0 saturated carbocycles. The van der Waals surface area contributed by atoms with Crippen LogP contribution in [0.25, 0.3) is 10.9 Å². The zero-order valence-corrected chi connectivity index (χ0v) is 10.9. The van der Waals surface area contributed by atoms with Crippen molar-refractivity contribution in [1.29, 1.82) is 0 Å². The molecule has 1 heterocycles.